The van der Waals surface area contributed by atoms with Gasteiger partial charge in [0.15, 0.2) is 0 Å². The third-order valence-corrected chi connectivity index (χ3v) is 4.48. The molecular weight excluding hydrogens is 208 g/mol. The largest absolute Gasteiger partial charge is 0.315 e. The van der Waals surface area contributed by atoms with Crippen molar-refractivity contribution in [2.24, 2.45) is 11.8 Å². The fourth-order valence-corrected chi connectivity index (χ4v) is 2.93. The smallest absolute Gasteiger partial charge is 0.0107 e. The Labute approximate surface area is 108 Å². The van der Waals surface area contributed by atoms with E-state index in [9.17, 15) is 0 Å². The van der Waals surface area contributed by atoms with Crippen LogP contribution in [0.4, 0.5) is 0 Å². The van der Waals surface area contributed by atoms with E-state index in [0.717, 1.165) is 18.4 Å². The van der Waals surface area contributed by atoms with Crippen LogP contribution in [-0.4, -0.2) is 37.6 Å². The maximum Gasteiger partial charge on any atom is 0.0107 e. The minimum absolute atomic E-state index is 0.953. The van der Waals surface area contributed by atoms with E-state index in [1.165, 1.54) is 58.3 Å². The standard InChI is InChI=1S/C15H32N2/c1-4-14-7-9-15(10-8-14)13-16-11-12-17(5-2)6-3/h14-16H,4-13H2,1-3H3. The van der Waals surface area contributed by atoms with Crippen molar-refractivity contribution in [3.8, 4) is 0 Å². The zero-order valence-electron chi connectivity index (χ0n) is 12.2. The van der Waals surface area contributed by atoms with Crippen LogP contribution in [0.5, 0.6) is 0 Å². The van der Waals surface area contributed by atoms with Crippen LogP contribution in [-0.2, 0) is 0 Å². The highest BCUT2D eigenvalue weighted by molar-refractivity contribution is 4.73. The van der Waals surface area contributed by atoms with E-state index in [-0.39, 0.29) is 0 Å². The van der Waals surface area contributed by atoms with Gasteiger partial charge >= 0.3 is 0 Å². The number of nitrogens with zero attached hydrogens (tertiary/aromatic N) is 1. The van der Waals surface area contributed by atoms with Crippen molar-refractivity contribution in [1.29, 1.82) is 0 Å². The molecule has 1 rings (SSSR count). The molecule has 2 heteroatoms. The second-order valence-electron chi connectivity index (χ2n) is 5.53. The molecule has 0 aromatic carbocycles. The summed E-state index contributed by atoms with van der Waals surface area (Å²) in [7, 11) is 0. The molecule has 2 nitrogen and oxygen atoms in total. The van der Waals surface area contributed by atoms with Gasteiger partial charge in [0.05, 0.1) is 0 Å². The van der Waals surface area contributed by atoms with Crippen LogP contribution in [0.2, 0.25) is 0 Å². The zero-order valence-corrected chi connectivity index (χ0v) is 12.2. The van der Waals surface area contributed by atoms with E-state index in [0.29, 0.717) is 0 Å². The number of rotatable bonds is 8. The summed E-state index contributed by atoms with van der Waals surface area (Å²) in [6.45, 7) is 12.8. The normalized spacial score (nSPS) is 25.4. The van der Waals surface area contributed by atoms with E-state index in [4.69, 9.17) is 0 Å². The van der Waals surface area contributed by atoms with Gasteiger partial charge in [-0.05, 0) is 44.3 Å². The first-order valence-electron chi connectivity index (χ1n) is 7.73. The van der Waals surface area contributed by atoms with E-state index >= 15 is 0 Å². The summed E-state index contributed by atoms with van der Waals surface area (Å²) < 4.78 is 0. The Bertz CT molecular complexity index is 170. The van der Waals surface area contributed by atoms with Gasteiger partial charge in [0.1, 0.15) is 0 Å². The predicted octanol–water partition coefficient (Wildman–Crippen LogP) is 3.13. The Kier molecular flexibility index (Phi) is 7.87. The molecule has 1 saturated carbocycles. The SMILES string of the molecule is CCC1CCC(CNCCN(CC)CC)CC1. The van der Waals surface area contributed by atoms with Gasteiger partial charge in [0.2, 0.25) is 0 Å². The lowest BCUT2D eigenvalue weighted by atomic mass is 9.81. The van der Waals surface area contributed by atoms with Crippen molar-refractivity contribution in [2.75, 3.05) is 32.7 Å². The van der Waals surface area contributed by atoms with Crippen molar-refractivity contribution in [3.05, 3.63) is 0 Å². The van der Waals surface area contributed by atoms with Crippen molar-refractivity contribution in [1.82, 2.24) is 10.2 Å². The molecule has 0 spiro atoms. The van der Waals surface area contributed by atoms with Crippen LogP contribution in [0, 0.1) is 11.8 Å². The monoisotopic (exact) mass is 240 g/mol. The Hall–Kier alpha value is -0.0800. The molecule has 0 bridgehead atoms. The maximum absolute atomic E-state index is 3.65. The molecule has 0 radical (unpaired) electrons. The molecule has 0 heterocycles. The quantitative estimate of drug-likeness (QED) is 0.656. The van der Waals surface area contributed by atoms with Crippen molar-refractivity contribution < 1.29 is 0 Å². The van der Waals surface area contributed by atoms with Crippen LogP contribution in [0.15, 0.2) is 0 Å². The second-order valence-corrected chi connectivity index (χ2v) is 5.53. The van der Waals surface area contributed by atoms with Crippen LogP contribution in [0.25, 0.3) is 0 Å². The highest BCUT2D eigenvalue weighted by atomic mass is 15.1. The number of nitrogens with one attached hydrogen (secondary N) is 1. The summed E-state index contributed by atoms with van der Waals surface area (Å²) in [6, 6.07) is 0. The molecule has 0 aromatic rings. The van der Waals surface area contributed by atoms with Crippen LogP contribution < -0.4 is 5.32 Å². The van der Waals surface area contributed by atoms with Crippen molar-refractivity contribution in [2.45, 2.75) is 52.9 Å². The fourth-order valence-electron chi connectivity index (χ4n) is 2.93. The summed E-state index contributed by atoms with van der Waals surface area (Å²) in [5, 5.41) is 3.65. The summed E-state index contributed by atoms with van der Waals surface area (Å²) in [5.41, 5.74) is 0. The Morgan fingerprint density at radius 1 is 0.941 bits per heavy atom. The molecule has 1 aliphatic rings. The first-order chi connectivity index (χ1) is 8.30. The summed E-state index contributed by atoms with van der Waals surface area (Å²) >= 11 is 0. The molecule has 102 valence electrons. The molecule has 17 heavy (non-hydrogen) atoms. The number of hydrogen-bond donors (Lipinski definition) is 1. The minimum Gasteiger partial charge on any atom is -0.315 e. The summed E-state index contributed by atoms with van der Waals surface area (Å²) in [4.78, 5) is 2.49. The average Bonchev–Trinajstić information content (AvgIpc) is 2.40. The highest BCUT2D eigenvalue weighted by Crippen LogP contribution is 2.29. The summed E-state index contributed by atoms with van der Waals surface area (Å²) in [5.74, 6) is 1.98. The van der Waals surface area contributed by atoms with Crippen LogP contribution in [0.3, 0.4) is 0 Å². The summed E-state index contributed by atoms with van der Waals surface area (Å²) in [6.07, 6.45) is 7.24. The third-order valence-electron chi connectivity index (χ3n) is 4.48. The van der Waals surface area contributed by atoms with Gasteiger partial charge in [0.25, 0.3) is 0 Å². The number of likely N-dealkylation sites (N-methyl/N-ethyl adjacent to an activating group) is 1. The first kappa shape index (κ1) is 15.0. The van der Waals surface area contributed by atoms with Gasteiger partial charge in [-0.3, -0.25) is 0 Å². The first-order valence-corrected chi connectivity index (χ1v) is 7.73. The van der Waals surface area contributed by atoms with Gasteiger partial charge in [0, 0.05) is 13.1 Å². The van der Waals surface area contributed by atoms with Crippen LogP contribution in [0.1, 0.15) is 52.9 Å². The number of hydrogen-bond acceptors (Lipinski definition) is 2. The second kappa shape index (κ2) is 8.93. The molecule has 0 aromatic heterocycles. The molecule has 0 unspecified atom stereocenters. The highest BCUT2D eigenvalue weighted by Gasteiger charge is 2.19. The van der Waals surface area contributed by atoms with Crippen molar-refractivity contribution in [3.63, 3.8) is 0 Å². The van der Waals surface area contributed by atoms with Gasteiger partial charge in [-0.2, -0.15) is 0 Å². The molecule has 0 saturated heterocycles. The average molecular weight is 240 g/mol. The lowest BCUT2D eigenvalue weighted by Crippen LogP contribution is -2.34. The predicted molar refractivity (Wildman–Crippen MR) is 76.4 cm³/mol. The van der Waals surface area contributed by atoms with E-state index in [1.54, 1.807) is 0 Å². The van der Waals surface area contributed by atoms with Gasteiger partial charge in [-0.15, -0.1) is 0 Å². The molecular formula is C15H32N2. The molecule has 0 atom stereocenters. The fraction of sp³-hybridized carbons (Fsp3) is 1.00. The van der Waals surface area contributed by atoms with Crippen LogP contribution >= 0.6 is 0 Å². The van der Waals surface area contributed by atoms with Gasteiger partial charge in [-0.25, -0.2) is 0 Å². The molecule has 0 amide bonds. The van der Waals surface area contributed by atoms with E-state index in [1.807, 2.05) is 0 Å². The Morgan fingerprint density at radius 3 is 2.06 bits per heavy atom. The molecule has 1 aliphatic carbocycles. The van der Waals surface area contributed by atoms with E-state index < -0.39 is 0 Å². The molecule has 1 N–H and O–H groups in total. The van der Waals surface area contributed by atoms with Crippen molar-refractivity contribution >= 4 is 0 Å². The lowest BCUT2D eigenvalue weighted by molar-refractivity contribution is 0.254. The maximum atomic E-state index is 3.65. The van der Waals surface area contributed by atoms with Gasteiger partial charge < -0.3 is 10.2 Å². The third kappa shape index (κ3) is 5.87. The zero-order chi connectivity index (χ0) is 12.5. The molecule has 1 fully saturated rings. The Morgan fingerprint density at radius 2 is 1.53 bits per heavy atom. The Balaban J connectivity index is 2.00. The van der Waals surface area contributed by atoms with Gasteiger partial charge in [-0.1, -0.05) is 40.0 Å². The molecule has 0 aliphatic heterocycles. The topological polar surface area (TPSA) is 15.3 Å². The lowest BCUT2D eigenvalue weighted by Gasteiger charge is -2.28. The van der Waals surface area contributed by atoms with E-state index in [2.05, 4.69) is 31.0 Å². The minimum atomic E-state index is 0.953.